The van der Waals surface area contributed by atoms with Crippen LogP contribution in [-0.4, -0.2) is 31.9 Å². The average Bonchev–Trinajstić information content (AvgIpc) is 2.72. The van der Waals surface area contributed by atoms with Crippen molar-refractivity contribution in [3.63, 3.8) is 0 Å². The maximum Gasteiger partial charge on any atom is 0.335 e. The molecule has 0 saturated carbocycles. The summed E-state index contributed by atoms with van der Waals surface area (Å²) in [5.74, 6) is -3.44. The van der Waals surface area contributed by atoms with Gasteiger partial charge in [0.25, 0.3) is 0 Å². The zero-order chi connectivity index (χ0) is 16.7. The Hall–Kier alpha value is -1.69. The van der Waals surface area contributed by atoms with Crippen molar-refractivity contribution in [1.29, 1.82) is 0 Å². The van der Waals surface area contributed by atoms with Gasteiger partial charge in [0, 0.05) is 11.5 Å². The van der Waals surface area contributed by atoms with Crippen LogP contribution in [0.25, 0.3) is 0 Å². The molecule has 1 fully saturated rings. The van der Waals surface area contributed by atoms with E-state index in [2.05, 4.69) is 0 Å². The molecule has 1 saturated heterocycles. The SMILES string of the molecule is COC(=O)[C@H]1OC(C)(C)[C@@H](C)[C@H]1c1ccc(F)c(F)c1OC. The summed E-state index contributed by atoms with van der Waals surface area (Å²) < 4.78 is 43.0. The molecule has 6 heteroatoms. The van der Waals surface area contributed by atoms with Crippen LogP contribution in [0.2, 0.25) is 0 Å². The molecule has 0 aromatic heterocycles. The second-order valence-corrected chi connectivity index (χ2v) is 5.96. The third kappa shape index (κ3) is 2.56. The molecule has 22 heavy (non-hydrogen) atoms. The second kappa shape index (κ2) is 5.83. The van der Waals surface area contributed by atoms with Crippen molar-refractivity contribution in [2.24, 2.45) is 5.92 Å². The van der Waals surface area contributed by atoms with Crippen molar-refractivity contribution in [1.82, 2.24) is 0 Å². The molecule has 1 heterocycles. The Kier molecular flexibility index (Phi) is 4.42. The number of rotatable bonds is 3. The molecule has 0 N–H and O–H groups in total. The van der Waals surface area contributed by atoms with E-state index in [-0.39, 0.29) is 11.7 Å². The minimum atomic E-state index is -1.07. The summed E-state index contributed by atoms with van der Waals surface area (Å²) >= 11 is 0. The lowest BCUT2D eigenvalue weighted by Gasteiger charge is -2.25. The number of carbonyl (C=O) groups excluding carboxylic acids is 1. The Labute approximate surface area is 128 Å². The van der Waals surface area contributed by atoms with Gasteiger partial charge < -0.3 is 14.2 Å². The average molecular weight is 314 g/mol. The van der Waals surface area contributed by atoms with E-state index in [1.165, 1.54) is 20.3 Å². The number of hydrogen-bond acceptors (Lipinski definition) is 4. The molecule has 0 spiro atoms. The van der Waals surface area contributed by atoms with Gasteiger partial charge in [0.15, 0.2) is 17.7 Å². The van der Waals surface area contributed by atoms with E-state index >= 15 is 0 Å². The highest BCUT2D eigenvalue weighted by molar-refractivity contribution is 5.77. The summed E-state index contributed by atoms with van der Waals surface area (Å²) in [6.45, 7) is 5.59. The normalized spacial score (nSPS) is 26.8. The van der Waals surface area contributed by atoms with Crippen molar-refractivity contribution in [2.75, 3.05) is 14.2 Å². The van der Waals surface area contributed by atoms with Gasteiger partial charge in [-0.3, -0.25) is 0 Å². The predicted octanol–water partition coefficient (Wildman–Crippen LogP) is 3.04. The highest BCUT2D eigenvalue weighted by atomic mass is 19.2. The highest BCUT2D eigenvalue weighted by Gasteiger charge is 2.52. The van der Waals surface area contributed by atoms with Gasteiger partial charge >= 0.3 is 5.97 Å². The van der Waals surface area contributed by atoms with E-state index in [9.17, 15) is 13.6 Å². The maximum absolute atomic E-state index is 14.0. The molecule has 2 rings (SSSR count). The minimum absolute atomic E-state index is 0.129. The summed E-state index contributed by atoms with van der Waals surface area (Å²) in [4.78, 5) is 12.0. The maximum atomic E-state index is 14.0. The van der Waals surface area contributed by atoms with Crippen LogP contribution in [0.3, 0.4) is 0 Å². The number of carbonyl (C=O) groups is 1. The lowest BCUT2D eigenvalue weighted by atomic mass is 9.78. The standard InChI is InChI=1S/C16H20F2O4/c1-8-11(14(15(19)21-5)22-16(8,2)3)9-6-7-10(17)12(18)13(9)20-4/h6-8,11,14H,1-5H3/t8-,11-,14-/m0/s1. The van der Waals surface area contributed by atoms with E-state index < -0.39 is 35.2 Å². The van der Waals surface area contributed by atoms with Crippen LogP contribution in [0.5, 0.6) is 5.75 Å². The zero-order valence-corrected chi connectivity index (χ0v) is 13.3. The molecule has 3 atom stereocenters. The number of halogens is 2. The van der Waals surface area contributed by atoms with Gasteiger partial charge in [-0.1, -0.05) is 13.0 Å². The molecule has 1 aliphatic rings. The summed E-state index contributed by atoms with van der Waals surface area (Å²) in [5.41, 5.74) is -0.214. The molecule has 0 bridgehead atoms. The molecule has 1 aromatic carbocycles. The Bertz CT molecular complexity index is 586. The fourth-order valence-electron chi connectivity index (χ4n) is 2.96. The summed E-state index contributed by atoms with van der Waals surface area (Å²) in [5, 5.41) is 0. The van der Waals surface area contributed by atoms with Gasteiger partial charge in [-0.05, 0) is 25.8 Å². The van der Waals surface area contributed by atoms with Gasteiger partial charge in [-0.15, -0.1) is 0 Å². The predicted molar refractivity (Wildman–Crippen MR) is 75.8 cm³/mol. The van der Waals surface area contributed by atoms with E-state index in [1.54, 1.807) is 0 Å². The van der Waals surface area contributed by atoms with Gasteiger partial charge in [-0.2, -0.15) is 4.39 Å². The number of ether oxygens (including phenoxy) is 3. The molecule has 1 aliphatic heterocycles. The molecule has 0 aliphatic carbocycles. The van der Waals surface area contributed by atoms with Crippen LogP contribution in [0.15, 0.2) is 12.1 Å². The third-order valence-electron chi connectivity index (χ3n) is 4.47. The van der Waals surface area contributed by atoms with E-state index in [1.807, 2.05) is 20.8 Å². The first-order chi connectivity index (χ1) is 10.2. The van der Waals surface area contributed by atoms with Crippen molar-refractivity contribution in [3.05, 3.63) is 29.3 Å². The zero-order valence-electron chi connectivity index (χ0n) is 13.3. The van der Waals surface area contributed by atoms with Crippen LogP contribution in [-0.2, 0) is 14.3 Å². The summed E-state index contributed by atoms with van der Waals surface area (Å²) in [6, 6.07) is 2.46. The Morgan fingerprint density at radius 1 is 1.27 bits per heavy atom. The van der Waals surface area contributed by atoms with E-state index in [0.29, 0.717) is 5.56 Å². The lowest BCUT2D eigenvalue weighted by Crippen LogP contribution is -2.29. The number of methoxy groups -OCH3 is 2. The largest absolute Gasteiger partial charge is 0.493 e. The van der Waals surface area contributed by atoms with E-state index in [4.69, 9.17) is 14.2 Å². The van der Waals surface area contributed by atoms with Gasteiger partial charge in [-0.25, -0.2) is 9.18 Å². The van der Waals surface area contributed by atoms with E-state index in [0.717, 1.165) is 6.07 Å². The number of benzene rings is 1. The fourth-order valence-corrected chi connectivity index (χ4v) is 2.96. The minimum Gasteiger partial charge on any atom is -0.493 e. The Morgan fingerprint density at radius 3 is 2.45 bits per heavy atom. The number of hydrogen-bond donors (Lipinski definition) is 0. The highest BCUT2D eigenvalue weighted by Crippen LogP contribution is 2.49. The second-order valence-electron chi connectivity index (χ2n) is 5.96. The first kappa shape index (κ1) is 16.7. The van der Waals surface area contributed by atoms with Crippen LogP contribution >= 0.6 is 0 Å². The molecule has 1 aromatic rings. The smallest absolute Gasteiger partial charge is 0.335 e. The molecule has 0 unspecified atom stereocenters. The van der Waals surface area contributed by atoms with Crippen LogP contribution in [0, 0.1) is 17.6 Å². The van der Waals surface area contributed by atoms with Crippen LogP contribution < -0.4 is 4.74 Å². The van der Waals surface area contributed by atoms with Gasteiger partial charge in [0.05, 0.1) is 19.8 Å². The Morgan fingerprint density at radius 2 is 1.91 bits per heavy atom. The lowest BCUT2D eigenvalue weighted by molar-refractivity contribution is -0.157. The number of esters is 1. The summed E-state index contributed by atoms with van der Waals surface area (Å²) in [6.07, 6.45) is -0.895. The Balaban J connectivity index is 2.57. The van der Waals surface area contributed by atoms with Crippen molar-refractivity contribution in [2.45, 2.75) is 38.4 Å². The fraction of sp³-hybridized carbons (Fsp3) is 0.562. The van der Waals surface area contributed by atoms with Gasteiger partial charge in [0.1, 0.15) is 0 Å². The quantitative estimate of drug-likeness (QED) is 0.805. The first-order valence-electron chi connectivity index (χ1n) is 7.02. The monoisotopic (exact) mass is 314 g/mol. The molecular weight excluding hydrogens is 294 g/mol. The van der Waals surface area contributed by atoms with Crippen LogP contribution in [0.1, 0.15) is 32.3 Å². The van der Waals surface area contributed by atoms with Crippen molar-refractivity contribution >= 4 is 5.97 Å². The van der Waals surface area contributed by atoms with Crippen molar-refractivity contribution < 1.29 is 27.8 Å². The molecule has 4 nitrogen and oxygen atoms in total. The molecule has 0 radical (unpaired) electrons. The van der Waals surface area contributed by atoms with Crippen LogP contribution in [0.4, 0.5) is 8.78 Å². The summed E-state index contributed by atoms with van der Waals surface area (Å²) in [7, 11) is 2.53. The third-order valence-corrected chi connectivity index (χ3v) is 4.47. The van der Waals surface area contributed by atoms with Gasteiger partial charge in [0.2, 0.25) is 5.82 Å². The first-order valence-corrected chi connectivity index (χ1v) is 7.02. The molecule has 122 valence electrons. The van der Waals surface area contributed by atoms with Crippen molar-refractivity contribution in [3.8, 4) is 5.75 Å². The topological polar surface area (TPSA) is 44.8 Å². The molecule has 0 amide bonds. The molecular formula is C16H20F2O4.